The second-order valence-electron chi connectivity index (χ2n) is 6.40. The van der Waals surface area contributed by atoms with Gasteiger partial charge in [0.2, 0.25) is 0 Å². The third-order valence-corrected chi connectivity index (χ3v) is 4.94. The highest BCUT2D eigenvalue weighted by Crippen LogP contribution is 2.34. The van der Waals surface area contributed by atoms with Crippen LogP contribution in [0.25, 0.3) is 0 Å². The summed E-state index contributed by atoms with van der Waals surface area (Å²) in [5.41, 5.74) is 1.39. The van der Waals surface area contributed by atoms with E-state index in [0.717, 1.165) is 24.9 Å². The maximum atomic E-state index is 5.60. The number of hydrogen-bond acceptors (Lipinski definition) is 3. The summed E-state index contributed by atoms with van der Waals surface area (Å²) in [6.07, 6.45) is 5.07. The van der Waals surface area contributed by atoms with Crippen molar-refractivity contribution in [2.45, 2.75) is 31.6 Å². The Balaban J connectivity index is 1.52. The highest BCUT2D eigenvalue weighted by molar-refractivity contribution is 5.36. The quantitative estimate of drug-likeness (QED) is 0.849. The fourth-order valence-corrected chi connectivity index (χ4v) is 3.75. The van der Waals surface area contributed by atoms with Crippen molar-refractivity contribution in [1.29, 1.82) is 0 Å². The molecule has 3 rings (SSSR count). The molecule has 0 spiro atoms. The summed E-state index contributed by atoms with van der Waals surface area (Å²) in [5, 5.41) is 0. The number of hydrogen-bond donors (Lipinski definition) is 0. The molecule has 0 aromatic heterocycles. The zero-order valence-electron chi connectivity index (χ0n) is 13.1. The van der Waals surface area contributed by atoms with E-state index in [1.54, 1.807) is 7.11 Å². The Hall–Kier alpha value is -1.06. The van der Waals surface area contributed by atoms with Gasteiger partial charge in [0.25, 0.3) is 0 Å². The van der Waals surface area contributed by atoms with Crippen molar-refractivity contribution in [3.8, 4) is 5.75 Å². The van der Waals surface area contributed by atoms with Crippen LogP contribution in [0, 0.1) is 5.92 Å². The summed E-state index contributed by atoms with van der Waals surface area (Å²) >= 11 is 0. The standard InChI is InChI=1S/C18H27NO2/c1-20-18-7-3-2-6-17(18)16-8-10-19(11-9-16)13-15-5-4-12-21-14-15/h2-3,6-7,15-16H,4-5,8-14H2,1H3/t15-/m1/s1. The second kappa shape index (κ2) is 7.28. The minimum absolute atomic E-state index is 0.653. The molecule has 3 heteroatoms. The number of nitrogens with zero attached hydrogens (tertiary/aromatic N) is 1. The zero-order chi connectivity index (χ0) is 14.5. The van der Waals surface area contributed by atoms with Crippen LogP contribution in [0.3, 0.4) is 0 Å². The molecule has 2 heterocycles. The lowest BCUT2D eigenvalue weighted by Gasteiger charge is -2.35. The van der Waals surface area contributed by atoms with Crippen LogP contribution in [0.1, 0.15) is 37.2 Å². The molecule has 0 saturated carbocycles. The van der Waals surface area contributed by atoms with E-state index < -0.39 is 0 Å². The van der Waals surface area contributed by atoms with Crippen LogP contribution in [-0.4, -0.2) is 44.9 Å². The van der Waals surface area contributed by atoms with E-state index in [1.807, 2.05) is 0 Å². The van der Waals surface area contributed by atoms with E-state index >= 15 is 0 Å². The third kappa shape index (κ3) is 3.78. The van der Waals surface area contributed by atoms with E-state index in [2.05, 4.69) is 29.2 Å². The van der Waals surface area contributed by atoms with Gasteiger partial charge in [0.15, 0.2) is 0 Å². The Bertz CT molecular complexity index is 435. The normalized spacial score (nSPS) is 24.9. The largest absolute Gasteiger partial charge is 0.496 e. The molecule has 1 aromatic carbocycles. The van der Waals surface area contributed by atoms with Crippen LogP contribution >= 0.6 is 0 Å². The Morgan fingerprint density at radius 3 is 2.71 bits per heavy atom. The molecule has 0 radical (unpaired) electrons. The summed E-state index contributed by atoms with van der Waals surface area (Å²) in [6, 6.07) is 8.50. The monoisotopic (exact) mass is 289 g/mol. The molecule has 2 aliphatic heterocycles. The van der Waals surface area contributed by atoms with Crippen LogP contribution in [0.4, 0.5) is 0 Å². The molecule has 2 aliphatic rings. The average molecular weight is 289 g/mol. The number of para-hydroxylation sites is 1. The van der Waals surface area contributed by atoms with Gasteiger partial charge in [-0.25, -0.2) is 0 Å². The lowest BCUT2D eigenvalue weighted by molar-refractivity contribution is 0.0346. The first-order chi connectivity index (χ1) is 10.4. The van der Waals surface area contributed by atoms with Crippen LogP contribution in [0.15, 0.2) is 24.3 Å². The number of benzene rings is 1. The SMILES string of the molecule is COc1ccccc1C1CCN(C[C@H]2CCCOC2)CC1. The number of ether oxygens (including phenoxy) is 2. The summed E-state index contributed by atoms with van der Waals surface area (Å²) in [7, 11) is 1.77. The van der Waals surface area contributed by atoms with Crippen LogP contribution < -0.4 is 4.74 Å². The van der Waals surface area contributed by atoms with Gasteiger partial charge in [-0.05, 0) is 62.2 Å². The first-order valence-corrected chi connectivity index (χ1v) is 8.30. The summed E-state index contributed by atoms with van der Waals surface area (Å²) in [5.74, 6) is 2.46. The Morgan fingerprint density at radius 2 is 2.00 bits per heavy atom. The second-order valence-corrected chi connectivity index (χ2v) is 6.40. The van der Waals surface area contributed by atoms with Gasteiger partial charge in [0.05, 0.1) is 13.7 Å². The van der Waals surface area contributed by atoms with Crippen LogP contribution in [0.5, 0.6) is 5.75 Å². The predicted octanol–water partition coefficient (Wildman–Crippen LogP) is 3.30. The maximum absolute atomic E-state index is 5.60. The smallest absolute Gasteiger partial charge is 0.122 e. The number of likely N-dealkylation sites (tertiary alicyclic amines) is 1. The fourth-order valence-electron chi connectivity index (χ4n) is 3.75. The first kappa shape index (κ1) is 14.9. The molecule has 2 fully saturated rings. The molecule has 0 unspecified atom stereocenters. The van der Waals surface area contributed by atoms with Gasteiger partial charge in [0.1, 0.15) is 5.75 Å². The van der Waals surface area contributed by atoms with E-state index in [0.29, 0.717) is 5.92 Å². The van der Waals surface area contributed by atoms with Crippen molar-refractivity contribution in [2.75, 3.05) is 40.0 Å². The number of rotatable bonds is 4. The van der Waals surface area contributed by atoms with Crippen molar-refractivity contribution in [3.05, 3.63) is 29.8 Å². The van der Waals surface area contributed by atoms with Crippen molar-refractivity contribution in [2.24, 2.45) is 5.92 Å². The predicted molar refractivity (Wildman–Crippen MR) is 85.0 cm³/mol. The molecule has 2 saturated heterocycles. The van der Waals surface area contributed by atoms with E-state index in [-0.39, 0.29) is 0 Å². The lowest BCUT2D eigenvalue weighted by Crippen LogP contribution is -2.38. The van der Waals surface area contributed by atoms with Gasteiger partial charge in [-0.2, -0.15) is 0 Å². The molecular weight excluding hydrogens is 262 g/mol. The van der Waals surface area contributed by atoms with Crippen LogP contribution in [-0.2, 0) is 4.74 Å². The minimum atomic E-state index is 0.653. The molecule has 3 nitrogen and oxygen atoms in total. The zero-order valence-corrected chi connectivity index (χ0v) is 13.1. The van der Waals surface area contributed by atoms with Gasteiger partial charge in [-0.3, -0.25) is 0 Å². The average Bonchev–Trinajstić information content (AvgIpc) is 2.56. The van der Waals surface area contributed by atoms with Gasteiger partial charge >= 0.3 is 0 Å². The summed E-state index contributed by atoms with van der Waals surface area (Å²) in [4.78, 5) is 2.63. The highest BCUT2D eigenvalue weighted by atomic mass is 16.5. The molecule has 21 heavy (non-hydrogen) atoms. The molecule has 0 aliphatic carbocycles. The highest BCUT2D eigenvalue weighted by Gasteiger charge is 2.25. The summed E-state index contributed by atoms with van der Waals surface area (Å²) < 4.78 is 11.1. The molecule has 0 N–H and O–H groups in total. The molecule has 116 valence electrons. The molecule has 1 aromatic rings. The van der Waals surface area contributed by atoms with E-state index in [1.165, 1.54) is 50.9 Å². The Morgan fingerprint density at radius 1 is 1.19 bits per heavy atom. The third-order valence-electron chi connectivity index (χ3n) is 4.94. The Labute approximate surface area is 128 Å². The van der Waals surface area contributed by atoms with E-state index in [4.69, 9.17) is 9.47 Å². The van der Waals surface area contributed by atoms with Crippen molar-refractivity contribution >= 4 is 0 Å². The van der Waals surface area contributed by atoms with Gasteiger partial charge in [0, 0.05) is 13.2 Å². The lowest BCUT2D eigenvalue weighted by atomic mass is 9.88. The number of methoxy groups -OCH3 is 1. The molecule has 0 bridgehead atoms. The molecule has 0 amide bonds. The van der Waals surface area contributed by atoms with Crippen molar-refractivity contribution < 1.29 is 9.47 Å². The van der Waals surface area contributed by atoms with Gasteiger partial charge < -0.3 is 14.4 Å². The van der Waals surface area contributed by atoms with E-state index in [9.17, 15) is 0 Å². The minimum Gasteiger partial charge on any atom is -0.496 e. The molecular formula is C18H27NO2. The van der Waals surface area contributed by atoms with Crippen molar-refractivity contribution in [1.82, 2.24) is 4.90 Å². The first-order valence-electron chi connectivity index (χ1n) is 8.30. The maximum Gasteiger partial charge on any atom is 0.122 e. The van der Waals surface area contributed by atoms with Gasteiger partial charge in [-0.1, -0.05) is 18.2 Å². The Kier molecular flexibility index (Phi) is 5.15. The number of piperidine rings is 1. The van der Waals surface area contributed by atoms with Gasteiger partial charge in [-0.15, -0.1) is 0 Å². The summed E-state index contributed by atoms with van der Waals surface area (Å²) in [6.45, 7) is 5.57. The molecule has 1 atom stereocenters. The van der Waals surface area contributed by atoms with Crippen LogP contribution in [0.2, 0.25) is 0 Å². The fraction of sp³-hybridized carbons (Fsp3) is 0.667. The topological polar surface area (TPSA) is 21.7 Å². The van der Waals surface area contributed by atoms with Crippen molar-refractivity contribution in [3.63, 3.8) is 0 Å².